The van der Waals surface area contributed by atoms with Crippen LogP contribution in [0.2, 0.25) is 0 Å². The van der Waals surface area contributed by atoms with E-state index in [9.17, 15) is 4.79 Å². The molecule has 2 rings (SSSR count). The Morgan fingerprint density at radius 1 is 1.46 bits per heavy atom. The summed E-state index contributed by atoms with van der Waals surface area (Å²) in [5.41, 5.74) is 2.72. The van der Waals surface area contributed by atoms with Crippen molar-refractivity contribution < 1.29 is 4.79 Å². The molecule has 0 fully saturated rings. The maximum atomic E-state index is 9.96. The van der Waals surface area contributed by atoms with Crippen molar-refractivity contribution in [3.8, 4) is 0 Å². The molecule has 0 N–H and O–H groups in total. The lowest BCUT2D eigenvalue weighted by Crippen LogP contribution is -1.84. The van der Waals surface area contributed by atoms with Crippen LogP contribution in [0.15, 0.2) is 28.7 Å². The van der Waals surface area contributed by atoms with Crippen LogP contribution in [0.25, 0.3) is 0 Å². The van der Waals surface area contributed by atoms with Crippen LogP contribution in [-0.4, -0.2) is 6.08 Å². The van der Waals surface area contributed by atoms with Gasteiger partial charge in [-0.05, 0) is 35.9 Å². The molecule has 1 aromatic rings. The summed E-state index contributed by atoms with van der Waals surface area (Å²) in [6.45, 7) is 0. The Bertz CT molecular complexity index is 358. The average Bonchev–Trinajstić information content (AvgIpc) is 2.58. The zero-order valence-corrected chi connectivity index (χ0v) is 7.88. The number of benzene rings is 1. The smallest absolute Gasteiger partial charge is 0.210 e. The first-order chi connectivity index (χ1) is 6.42. The molecule has 0 heterocycles. The van der Waals surface area contributed by atoms with Crippen molar-refractivity contribution in [2.24, 2.45) is 4.40 Å². The number of carbonyl (C=O) groups excluding carboxylic acids is 1. The van der Waals surface area contributed by atoms with Gasteiger partial charge >= 0.3 is 0 Å². The van der Waals surface area contributed by atoms with Gasteiger partial charge in [0, 0.05) is 0 Å². The van der Waals surface area contributed by atoms with Crippen molar-refractivity contribution in [1.29, 1.82) is 0 Å². The molecular formula is C10H9NOS. The summed E-state index contributed by atoms with van der Waals surface area (Å²) in [5.74, 6) is 0. The fraction of sp³-hybridized carbons (Fsp3) is 0.300. The summed E-state index contributed by atoms with van der Waals surface area (Å²) in [4.78, 5) is 9.96. The van der Waals surface area contributed by atoms with E-state index < -0.39 is 0 Å². The van der Waals surface area contributed by atoms with Crippen LogP contribution in [0.1, 0.15) is 22.8 Å². The second-order valence-corrected chi connectivity index (χ2v) is 3.98. The van der Waals surface area contributed by atoms with Crippen molar-refractivity contribution in [2.45, 2.75) is 18.1 Å². The molecule has 66 valence electrons. The average molecular weight is 191 g/mol. The highest BCUT2D eigenvalue weighted by Crippen LogP contribution is 2.41. The van der Waals surface area contributed by atoms with Crippen LogP contribution in [-0.2, 0) is 11.2 Å². The first-order valence-corrected chi connectivity index (χ1v) is 5.06. The molecule has 1 unspecified atom stereocenters. The van der Waals surface area contributed by atoms with Gasteiger partial charge in [-0.3, -0.25) is 0 Å². The monoisotopic (exact) mass is 191 g/mol. The summed E-state index contributed by atoms with van der Waals surface area (Å²) in [6.07, 6.45) is 3.74. The van der Waals surface area contributed by atoms with Crippen molar-refractivity contribution in [3.63, 3.8) is 0 Å². The van der Waals surface area contributed by atoms with Gasteiger partial charge in [0.15, 0.2) is 0 Å². The fourth-order valence-corrected chi connectivity index (χ4v) is 2.45. The number of rotatable bonds is 2. The van der Waals surface area contributed by atoms with Crippen LogP contribution in [0.4, 0.5) is 0 Å². The van der Waals surface area contributed by atoms with Gasteiger partial charge in [-0.25, -0.2) is 4.79 Å². The molecule has 1 atom stereocenters. The molecule has 0 aromatic heterocycles. The van der Waals surface area contributed by atoms with Gasteiger partial charge in [-0.1, -0.05) is 24.3 Å². The molecule has 0 aliphatic heterocycles. The zero-order valence-electron chi connectivity index (χ0n) is 7.06. The third kappa shape index (κ3) is 1.67. The predicted octanol–water partition coefficient (Wildman–Crippen LogP) is 2.66. The Morgan fingerprint density at radius 3 is 3.15 bits per heavy atom. The fourth-order valence-electron chi connectivity index (χ4n) is 1.71. The molecule has 0 saturated heterocycles. The van der Waals surface area contributed by atoms with Crippen molar-refractivity contribution in [3.05, 3.63) is 35.4 Å². The molecule has 1 aliphatic carbocycles. The highest BCUT2D eigenvalue weighted by molar-refractivity contribution is 7.98. The Kier molecular flexibility index (Phi) is 2.48. The molecule has 1 aromatic carbocycles. The normalized spacial score (nSPS) is 19.2. The number of hydrogen-bond donors (Lipinski definition) is 0. The van der Waals surface area contributed by atoms with E-state index in [-0.39, 0.29) is 0 Å². The SMILES string of the molecule is O=C=NSC1CCc2ccccc21. The van der Waals surface area contributed by atoms with Gasteiger partial charge in [-0.15, -0.1) is 4.40 Å². The molecule has 1 aliphatic rings. The summed E-state index contributed by atoms with van der Waals surface area (Å²) >= 11 is 1.33. The first-order valence-electron chi connectivity index (χ1n) is 4.22. The number of isocyanates is 1. The van der Waals surface area contributed by atoms with Crippen LogP contribution >= 0.6 is 11.9 Å². The second-order valence-electron chi connectivity index (χ2n) is 3.01. The van der Waals surface area contributed by atoms with E-state index in [1.54, 1.807) is 6.08 Å². The quantitative estimate of drug-likeness (QED) is 0.408. The van der Waals surface area contributed by atoms with Gasteiger partial charge < -0.3 is 0 Å². The number of fused-ring (bicyclic) bond motifs is 1. The number of aryl methyl sites for hydroxylation is 1. The minimum absolute atomic E-state index is 0.359. The predicted molar refractivity (Wildman–Crippen MR) is 53.2 cm³/mol. The molecular weight excluding hydrogens is 182 g/mol. The van der Waals surface area contributed by atoms with Crippen molar-refractivity contribution in [1.82, 2.24) is 0 Å². The topological polar surface area (TPSA) is 29.4 Å². The highest BCUT2D eigenvalue weighted by Gasteiger charge is 2.22. The molecule has 0 spiro atoms. The second kappa shape index (κ2) is 3.77. The third-order valence-electron chi connectivity index (χ3n) is 2.30. The lowest BCUT2D eigenvalue weighted by molar-refractivity contribution is 0.566. The lowest BCUT2D eigenvalue weighted by Gasteiger charge is -2.04. The van der Waals surface area contributed by atoms with Crippen molar-refractivity contribution >= 4 is 18.0 Å². The summed E-state index contributed by atoms with van der Waals surface area (Å²) < 4.78 is 3.56. The minimum Gasteiger partial charge on any atom is -0.210 e. The highest BCUT2D eigenvalue weighted by atomic mass is 32.2. The lowest BCUT2D eigenvalue weighted by atomic mass is 10.1. The minimum atomic E-state index is 0.359. The Morgan fingerprint density at radius 2 is 2.31 bits per heavy atom. The molecule has 3 heteroatoms. The van der Waals surface area contributed by atoms with Gasteiger partial charge in [0.05, 0.1) is 5.25 Å². The van der Waals surface area contributed by atoms with Crippen LogP contribution in [0.3, 0.4) is 0 Å². The van der Waals surface area contributed by atoms with E-state index in [1.807, 2.05) is 6.07 Å². The van der Waals surface area contributed by atoms with Crippen LogP contribution in [0.5, 0.6) is 0 Å². The van der Waals surface area contributed by atoms with E-state index in [2.05, 4.69) is 22.6 Å². The summed E-state index contributed by atoms with van der Waals surface area (Å²) in [7, 11) is 0. The molecule has 0 radical (unpaired) electrons. The van der Waals surface area contributed by atoms with E-state index in [0.717, 1.165) is 12.8 Å². The Hall–Kier alpha value is -1.05. The van der Waals surface area contributed by atoms with E-state index in [4.69, 9.17) is 0 Å². The maximum absolute atomic E-state index is 9.96. The Balaban J connectivity index is 2.23. The number of hydrogen-bond acceptors (Lipinski definition) is 3. The van der Waals surface area contributed by atoms with Gasteiger partial charge in [0.1, 0.15) is 0 Å². The standard InChI is InChI=1S/C10H9NOS/c12-7-11-13-10-6-5-8-3-1-2-4-9(8)10/h1-4,10H,5-6H2. The molecule has 2 nitrogen and oxygen atoms in total. The largest absolute Gasteiger partial charge is 0.247 e. The van der Waals surface area contributed by atoms with E-state index >= 15 is 0 Å². The van der Waals surface area contributed by atoms with E-state index in [0.29, 0.717) is 5.25 Å². The maximum Gasteiger partial charge on any atom is 0.247 e. The zero-order chi connectivity index (χ0) is 9.10. The Labute approximate surface area is 81.2 Å². The van der Waals surface area contributed by atoms with Gasteiger partial charge in [0.25, 0.3) is 0 Å². The molecule has 0 bridgehead atoms. The number of nitrogens with zero attached hydrogens (tertiary/aromatic N) is 1. The summed E-state index contributed by atoms with van der Waals surface area (Å²) in [5, 5.41) is 0.359. The first kappa shape index (κ1) is 8.54. The van der Waals surface area contributed by atoms with Gasteiger partial charge in [0.2, 0.25) is 6.08 Å². The van der Waals surface area contributed by atoms with Crippen LogP contribution < -0.4 is 0 Å². The van der Waals surface area contributed by atoms with Gasteiger partial charge in [-0.2, -0.15) is 0 Å². The third-order valence-corrected chi connectivity index (χ3v) is 3.22. The molecule has 0 saturated carbocycles. The van der Waals surface area contributed by atoms with E-state index in [1.165, 1.54) is 23.1 Å². The molecule has 0 amide bonds. The molecule has 13 heavy (non-hydrogen) atoms. The van der Waals surface area contributed by atoms with Crippen molar-refractivity contribution in [2.75, 3.05) is 0 Å². The van der Waals surface area contributed by atoms with Crippen LogP contribution in [0, 0.1) is 0 Å². The summed E-state index contributed by atoms with van der Waals surface area (Å²) in [6, 6.07) is 8.33.